The highest BCUT2D eigenvalue weighted by Gasteiger charge is 2.19. The summed E-state index contributed by atoms with van der Waals surface area (Å²) in [6.07, 6.45) is 7.99. The predicted molar refractivity (Wildman–Crippen MR) is 123 cm³/mol. The number of carbonyl (C=O) groups is 1. The van der Waals surface area contributed by atoms with E-state index >= 15 is 0 Å². The van der Waals surface area contributed by atoms with E-state index in [-0.39, 0.29) is 23.5 Å². The number of carbonyl (C=O) groups excluding carboxylic acids is 1. The molecule has 0 fully saturated rings. The number of likely N-dealkylation sites (N-methyl/N-ethyl adjacent to an activating group) is 2. The maximum atomic E-state index is 12.5. The van der Waals surface area contributed by atoms with Crippen LogP contribution in [0, 0.1) is 0 Å². The number of nitrogens with one attached hydrogen (secondary N) is 2. The van der Waals surface area contributed by atoms with Crippen molar-refractivity contribution in [3.8, 4) is 0 Å². The van der Waals surface area contributed by atoms with E-state index in [1.165, 1.54) is 17.4 Å². The van der Waals surface area contributed by atoms with Gasteiger partial charge in [-0.3, -0.25) is 4.79 Å². The molecule has 0 spiro atoms. The summed E-state index contributed by atoms with van der Waals surface area (Å²) < 4.78 is 4.93. The fraction of sp³-hybridized carbons (Fsp3) is 0.333. The van der Waals surface area contributed by atoms with Crippen LogP contribution in [0.1, 0.15) is 40.9 Å². The number of allylic oxidation sites excluding steroid dienone is 3. The molecule has 1 aromatic carbocycles. The van der Waals surface area contributed by atoms with Crippen LogP contribution >= 0.6 is 0 Å². The molecule has 7 heteroatoms. The molecule has 2 aromatic rings. The van der Waals surface area contributed by atoms with Crippen LogP contribution in [0.2, 0.25) is 0 Å². The van der Waals surface area contributed by atoms with Crippen molar-refractivity contribution in [3.05, 3.63) is 83.4 Å². The van der Waals surface area contributed by atoms with Crippen LogP contribution in [0.4, 0.5) is 6.01 Å². The van der Waals surface area contributed by atoms with Crippen molar-refractivity contribution in [3.63, 3.8) is 0 Å². The first kappa shape index (κ1) is 22.5. The fourth-order valence-corrected chi connectivity index (χ4v) is 3.55. The summed E-state index contributed by atoms with van der Waals surface area (Å²) in [6.45, 7) is 9.88. The van der Waals surface area contributed by atoms with Crippen molar-refractivity contribution in [1.82, 2.24) is 20.5 Å². The minimum Gasteiger partial charge on any atom is -0.431 e. The molecule has 0 saturated carbocycles. The molecule has 3 rings (SSSR count). The van der Waals surface area contributed by atoms with Crippen LogP contribution in [0.5, 0.6) is 0 Å². The zero-order valence-corrected chi connectivity index (χ0v) is 18.2. The third-order valence-electron chi connectivity index (χ3n) is 5.27. The Morgan fingerprint density at radius 3 is 2.81 bits per heavy atom. The molecule has 1 unspecified atom stereocenters. The van der Waals surface area contributed by atoms with Crippen LogP contribution in [0.15, 0.2) is 71.0 Å². The molecule has 4 N–H and O–H groups in total. The maximum absolute atomic E-state index is 12.5. The van der Waals surface area contributed by atoms with Crippen molar-refractivity contribution >= 4 is 11.9 Å². The van der Waals surface area contributed by atoms with E-state index in [9.17, 15) is 4.79 Å². The lowest BCUT2D eigenvalue weighted by Crippen LogP contribution is -2.28. The molecule has 164 valence electrons. The van der Waals surface area contributed by atoms with Crippen molar-refractivity contribution < 1.29 is 9.21 Å². The van der Waals surface area contributed by atoms with Crippen LogP contribution in [-0.2, 0) is 6.54 Å². The van der Waals surface area contributed by atoms with Crippen molar-refractivity contribution in [2.45, 2.75) is 25.8 Å². The average molecular weight is 422 g/mol. The fourth-order valence-electron chi connectivity index (χ4n) is 3.55. The quantitative estimate of drug-likeness (QED) is 0.510. The number of benzene rings is 1. The molecule has 0 bridgehead atoms. The summed E-state index contributed by atoms with van der Waals surface area (Å²) in [5, 5.41) is 6.25. The standard InChI is InChI=1S/C24H31N5O2/c1-4-18-10-11-20(14-21(18)27-23(30)22-16-31-24(25)28-22)19-8-6-17(7-9-19)15-29(3)13-12-26-5-2/h4,6-10,14,16,20,26H,1,5,11-13,15H2,2-3H3,(H2,25,28)(H,27,30). The lowest BCUT2D eigenvalue weighted by atomic mass is 9.88. The van der Waals surface area contributed by atoms with E-state index < -0.39 is 0 Å². The molecule has 1 aromatic heterocycles. The van der Waals surface area contributed by atoms with Gasteiger partial charge in [-0.05, 0) is 36.7 Å². The average Bonchev–Trinajstić information content (AvgIpc) is 3.21. The molecule has 1 amide bonds. The molecule has 1 aliphatic rings. The van der Waals surface area contributed by atoms with Crippen LogP contribution in [0.3, 0.4) is 0 Å². The van der Waals surface area contributed by atoms with E-state index in [1.807, 2.05) is 0 Å². The number of hydrogen-bond donors (Lipinski definition) is 3. The predicted octanol–water partition coefficient (Wildman–Crippen LogP) is 3.21. The highest BCUT2D eigenvalue weighted by atomic mass is 16.4. The van der Waals surface area contributed by atoms with Gasteiger partial charge in [0.2, 0.25) is 0 Å². The van der Waals surface area contributed by atoms with E-state index in [0.717, 1.165) is 38.2 Å². The van der Waals surface area contributed by atoms with Gasteiger partial charge >= 0.3 is 0 Å². The van der Waals surface area contributed by atoms with Crippen molar-refractivity contribution in [2.24, 2.45) is 0 Å². The summed E-state index contributed by atoms with van der Waals surface area (Å²) in [6, 6.07) is 8.65. The Kier molecular flexibility index (Phi) is 7.81. The molecule has 31 heavy (non-hydrogen) atoms. The second kappa shape index (κ2) is 10.7. The Bertz CT molecular complexity index is 959. The largest absolute Gasteiger partial charge is 0.431 e. The van der Waals surface area contributed by atoms with Gasteiger partial charge in [-0.1, -0.05) is 56.0 Å². The highest BCUT2D eigenvalue weighted by molar-refractivity contribution is 5.94. The number of amides is 1. The minimum absolute atomic E-state index is 0.0347. The smallest absolute Gasteiger partial charge is 0.292 e. The first-order valence-corrected chi connectivity index (χ1v) is 10.6. The zero-order chi connectivity index (χ0) is 22.2. The van der Waals surface area contributed by atoms with Gasteiger partial charge < -0.3 is 25.7 Å². The third kappa shape index (κ3) is 6.16. The first-order valence-electron chi connectivity index (χ1n) is 10.6. The van der Waals surface area contributed by atoms with Gasteiger partial charge in [0.15, 0.2) is 5.69 Å². The zero-order valence-electron chi connectivity index (χ0n) is 18.2. The SMILES string of the molecule is C=CC1=CCC(c2ccc(CN(C)CCNCC)cc2)C=C1NC(=O)c1coc(N)n1. The normalized spacial score (nSPS) is 16.0. The Labute approximate surface area is 183 Å². The highest BCUT2D eigenvalue weighted by Crippen LogP contribution is 2.30. The van der Waals surface area contributed by atoms with E-state index in [1.54, 1.807) is 6.08 Å². The molecule has 0 aliphatic heterocycles. The lowest BCUT2D eigenvalue weighted by Gasteiger charge is -2.22. The summed E-state index contributed by atoms with van der Waals surface area (Å²) in [5.74, 6) is -0.196. The minimum atomic E-state index is -0.365. The van der Waals surface area contributed by atoms with E-state index in [0.29, 0.717) is 5.70 Å². The lowest BCUT2D eigenvalue weighted by molar-refractivity contribution is 0.0961. The Hall–Kier alpha value is -3.16. The first-order chi connectivity index (χ1) is 15.0. The van der Waals surface area contributed by atoms with Crippen LogP contribution in [0.25, 0.3) is 0 Å². The molecule has 1 atom stereocenters. The van der Waals surface area contributed by atoms with Gasteiger partial charge in [0.1, 0.15) is 6.26 Å². The van der Waals surface area contributed by atoms with E-state index in [4.69, 9.17) is 10.2 Å². The molecule has 1 heterocycles. The number of anilines is 1. The van der Waals surface area contributed by atoms with Gasteiger partial charge in [0.05, 0.1) is 0 Å². The monoisotopic (exact) mass is 421 g/mol. The molecule has 0 radical (unpaired) electrons. The number of nitrogens with two attached hydrogens (primary N) is 1. The number of nitrogens with zero attached hydrogens (tertiary/aromatic N) is 2. The molecular formula is C24H31N5O2. The second-order valence-electron chi connectivity index (χ2n) is 7.64. The Morgan fingerprint density at radius 2 is 2.16 bits per heavy atom. The van der Waals surface area contributed by atoms with Gasteiger partial charge in [-0.25, -0.2) is 0 Å². The van der Waals surface area contributed by atoms with E-state index in [2.05, 4.69) is 77.5 Å². The van der Waals surface area contributed by atoms with Gasteiger partial charge in [-0.15, -0.1) is 0 Å². The summed E-state index contributed by atoms with van der Waals surface area (Å²) in [7, 11) is 2.13. The molecule has 0 saturated heterocycles. The van der Waals surface area contributed by atoms with Crippen LogP contribution < -0.4 is 16.4 Å². The maximum Gasteiger partial charge on any atom is 0.292 e. The number of nitrogen functional groups attached to an aromatic ring is 1. The molecule has 7 nitrogen and oxygen atoms in total. The summed E-state index contributed by atoms with van der Waals surface area (Å²) in [4.78, 5) is 18.7. The molecular weight excluding hydrogens is 390 g/mol. The van der Waals surface area contributed by atoms with Crippen molar-refractivity contribution in [2.75, 3.05) is 32.4 Å². The van der Waals surface area contributed by atoms with Crippen LogP contribution in [-0.4, -0.2) is 42.5 Å². The second-order valence-corrected chi connectivity index (χ2v) is 7.64. The van der Waals surface area contributed by atoms with Crippen molar-refractivity contribution in [1.29, 1.82) is 0 Å². The van der Waals surface area contributed by atoms with Gasteiger partial charge in [0.25, 0.3) is 11.9 Å². The number of rotatable bonds is 10. The number of hydrogen-bond acceptors (Lipinski definition) is 6. The summed E-state index contributed by atoms with van der Waals surface area (Å²) in [5.41, 5.74) is 9.70. The summed E-state index contributed by atoms with van der Waals surface area (Å²) >= 11 is 0. The third-order valence-corrected chi connectivity index (χ3v) is 5.27. The Morgan fingerprint density at radius 1 is 1.39 bits per heavy atom. The van der Waals surface area contributed by atoms with Gasteiger partial charge in [-0.2, -0.15) is 4.98 Å². The number of aromatic nitrogens is 1. The number of oxazole rings is 1. The topological polar surface area (TPSA) is 96.4 Å². The Balaban J connectivity index is 1.67. The van der Waals surface area contributed by atoms with Gasteiger partial charge in [0, 0.05) is 31.2 Å². The molecule has 1 aliphatic carbocycles.